The van der Waals surface area contributed by atoms with E-state index in [2.05, 4.69) is 52.3 Å². The third-order valence-corrected chi connectivity index (χ3v) is 1.78. The summed E-state index contributed by atoms with van der Waals surface area (Å²) in [5.74, 6) is 2.00. The number of benzene rings is 1. The van der Waals surface area contributed by atoms with E-state index in [0.717, 1.165) is 11.0 Å². The van der Waals surface area contributed by atoms with E-state index in [1.807, 2.05) is 5.97 Å². The van der Waals surface area contributed by atoms with Gasteiger partial charge in [0.15, 0.2) is 0 Å². The molecule has 0 fully saturated rings. The van der Waals surface area contributed by atoms with Crippen LogP contribution in [0.1, 0.15) is 11.1 Å². The molecule has 0 unspecified atom stereocenters. The van der Waals surface area contributed by atoms with Crippen molar-refractivity contribution in [3.8, 4) is 5.97 Å². The second-order valence-corrected chi connectivity index (χ2v) is 4.43. The number of rotatable bonds is 2. The highest BCUT2D eigenvalue weighted by atomic mass is 15.3. The Morgan fingerprint density at radius 1 is 1.20 bits per heavy atom. The van der Waals surface area contributed by atoms with Crippen LogP contribution >= 0.6 is 0 Å². The Labute approximate surface area is 94.1 Å². The fraction of sp³-hybridized carbons (Fsp3) is 0.417. The zero-order valence-electron chi connectivity index (χ0n) is 9.41. The van der Waals surface area contributed by atoms with Gasteiger partial charge in [0, 0.05) is 5.56 Å². The van der Waals surface area contributed by atoms with Crippen molar-refractivity contribution in [3.63, 3.8) is 0 Å². The third-order valence-electron chi connectivity index (χ3n) is 1.78. The molecule has 1 aromatic rings. The largest absolute Gasteiger partial charge is 0.327 e. The van der Waals surface area contributed by atoms with Crippen molar-refractivity contribution in [3.05, 3.63) is 35.4 Å². The Morgan fingerprint density at radius 2 is 1.60 bits per heavy atom. The van der Waals surface area contributed by atoms with E-state index in [9.17, 15) is 0 Å². The summed E-state index contributed by atoms with van der Waals surface area (Å²) in [6.45, 7) is 3.22. The Bertz CT molecular complexity index is 317. The van der Waals surface area contributed by atoms with Crippen molar-refractivity contribution in [2.24, 2.45) is 0 Å². The van der Waals surface area contributed by atoms with Crippen LogP contribution in [-0.2, 0) is 6.54 Å². The van der Waals surface area contributed by atoms with Gasteiger partial charge in [-0.25, -0.2) is 0 Å². The van der Waals surface area contributed by atoms with Gasteiger partial charge in [-0.1, -0.05) is 29.8 Å². The summed E-state index contributed by atoms with van der Waals surface area (Å²) in [5, 5.41) is 7.43. The predicted molar refractivity (Wildman–Crippen MR) is 68.5 cm³/mol. The van der Waals surface area contributed by atoms with E-state index in [-0.39, 0.29) is 7.85 Å². The van der Waals surface area contributed by atoms with Gasteiger partial charge < -0.3 is 4.48 Å². The Balaban J connectivity index is 0.000000583. The molecule has 0 aliphatic rings. The number of nitrogens with zero attached hydrogens (tertiary/aromatic N) is 2. The van der Waals surface area contributed by atoms with Gasteiger partial charge in [0.25, 0.3) is 0 Å². The molecule has 0 atom stereocenters. The monoisotopic (exact) mass is 204 g/mol. The summed E-state index contributed by atoms with van der Waals surface area (Å²) in [5.41, 5.74) is 2.74. The second kappa shape index (κ2) is 6.26. The standard InChI is InChI=1S/C11H18N.CH3BN/c1-10-5-7-11(8-6-10)9-12(2,3)4;2-1-3/h5-8H,9H2,1-4H3;2H3/q+1;-1. The fourth-order valence-corrected chi connectivity index (χ4v) is 1.24. The van der Waals surface area contributed by atoms with E-state index in [4.69, 9.17) is 5.26 Å². The maximum atomic E-state index is 7.43. The fourth-order valence-electron chi connectivity index (χ4n) is 1.24. The minimum Gasteiger partial charge on any atom is -0.327 e. The minimum atomic E-state index is 0.0694. The summed E-state index contributed by atoms with van der Waals surface area (Å²) < 4.78 is 0.989. The van der Waals surface area contributed by atoms with Gasteiger partial charge in [0.2, 0.25) is 0 Å². The summed E-state index contributed by atoms with van der Waals surface area (Å²) in [6, 6.07) is 8.76. The number of nitriles is 1. The smallest absolute Gasteiger partial charge is 0.104 e. The molecule has 0 bridgehead atoms. The van der Waals surface area contributed by atoms with Crippen LogP contribution in [0.3, 0.4) is 0 Å². The highest BCUT2D eigenvalue weighted by Crippen LogP contribution is 2.07. The molecule has 0 aliphatic heterocycles. The van der Waals surface area contributed by atoms with Gasteiger partial charge in [-0.05, 0) is 6.92 Å². The SMILES string of the molecule is Cc1ccc(C[N+](C)(C)C)cc1.[BH3-]C#N. The van der Waals surface area contributed by atoms with E-state index < -0.39 is 0 Å². The highest BCUT2D eigenvalue weighted by molar-refractivity contribution is 6.20. The average Bonchev–Trinajstić information content (AvgIpc) is 2.08. The normalized spacial score (nSPS) is 9.87. The highest BCUT2D eigenvalue weighted by Gasteiger charge is 2.07. The van der Waals surface area contributed by atoms with Crippen LogP contribution in [0.15, 0.2) is 24.3 Å². The van der Waals surface area contributed by atoms with Gasteiger partial charge in [-0.15, -0.1) is 0 Å². The lowest BCUT2D eigenvalue weighted by Crippen LogP contribution is -2.33. The van der Waals surface area contributed by atoms with Gasteiger partial charge in [-0.2, -0.15) is 5.97 Å². The first-order valence-electron chi connectivity index (χ1n) is 4.56. The molecule has 0 amide bonds. The molecule has 2 nitrogen and oxygen atoms in total. The van der Waals surface area contributed by atoms with Crippen LogP contribution in [-0.4, -0.2) is 33.5 Å². The Morgan fingerprint density at radius 3 is 1.93 bits per heavy atom. The van der Waals surface area contributed by atoms with E-state index in [1.54, 1.807) is 0 Å². The molecule has 0 N–H and O–H groups in total. The molecule has 3 heteroatoms. The molecule has 1 rings (SSSR count). The topological polar surface area (TPSA) is 23.8 Å². The van der Waals surface area contributed by atoms with Crippen molar-refractivity contribution in [2.45, 2.75) is 13.5 Å². The van der Waals surface area contributed by atoms with Gasteiger partial charge in [-0.3, -0.25) is 5.26 Å². The Kier molecular flexibility index (Phi) is 5.73. The lowest BCUT2D eigenvalue weighted by molar-refractivity contribution is -0.884. The molecule has 1 aromatic carbocycles. The first-order chi connectivity index (χ1) is 6.89. The quantitative estimate of drug-likeness (QED) is 0.521. The maximum Gasteiger partial charge on any atom is 0.104 e. The summed E-state index contributed by atoms with van der Waals surface area (Å²) in [6.07, 6.45) is 0. The number of hydrogen-bond acceptors (Lipinski definition) is 1. The molecule has 0 spiro atoms. The van der Waals surface area contributed by atoms with Gasteiger partial charge >= 0.3 is 0 Å². The lowest BCUT2D eigenvalue weighted by atomic mass is 10.1. The van der Waals surface area contributed by atoms with Crippen molar-refractivity contribution in [2.75, 3.05) is 21.1 Å². The molecule has 0 saturated heterocycles. The maximum absolute atomic E-state index is 7.43. The van der Waals surface area contributed by atoms with Gasteiger partial charge in [0.05, 0.1) is 29.0 Å². The van der Waals surface area contributed by atoms with Crippen molar-refractivity contribution < 1.29 is 4.48 Å². The van der Waals surface area contributed by atoms with Crippen LogP contribution in [0.2, 0.25) is 0 Å². The molecular formula is C12H21BN2. The number of quaternary nitrogens is 1. The van der Waals surface area contributed by atoms with Crippen molar-refractivity contribution in [1.29, 1.82) is 5.26 Å². The van der Waals surface area contributed by atoms with Gasteiger partial charge in [0.1, 0.15) is 6.54 Å². The van der Waals surface area contributed by atoms with Crippen LogP contribution in [0, 0.1) is 18.2 Å². The summed E-state index contributed by atoms with van der Waals surface area (Å²) in [4.78, 5) is 0. The van der Waals surface area contributed by atoms with Crippen LogP contribution < -0.4 is 0 Å². The first kappa shape index (κ1) is 13.7. The molecule has 82 valence electrons. The molecule has 0 aliphatic carbocycles. The van der Waals surface area contributed by atoms with Crippen molar-refractivity contribution in [1.82, 2.24) is 0 Å². The first-order valence-corrected chi connectivity index (χ1v) is 4.56. The zero-order chi connectivity index (χ0) is 11.9. The van der Waals surface area contributed by atoms with E-state index >= 15 is 0 Å². The second-order valence-electron chi connectivity index (χ2n) is 4.43. The summed E-state index contributed by atoms with van der Waals surface area (Å²) in [7, 11) is 6.69. The van der Waals surface area contributed by atoms with Crippen LogP contribution in [0.4, 0.5) is 0 Å². The molecule has 0 heterocycles. The minimum absolute atomic E-state index is 0.0694. The molecule has 15 heavy (non-hydrogen) atoms. The number of aryl methyl sites for hydroxylation is 1. The summed E-state index contributed by atoms with van der Waals surface area (Å²) >= 11 is 0. The Hall–Kier alpha value is -1.27. The van der Waals surface area contributed by atoms with Crippen molar-refractivity contribution >= 4 is 7.85 Å². The van der Waals surface area contributed by atoms with Crippen LogP contribution in [0.5, 0.6) is 0 Å². The predicted octanol–water partition coefficient (Wildman–Crippen LogP) is 1.03. The number of hydrogen-bond donors (Lipinski definition) is 0. The molecule has 0 radical (unpaired) electrons. The molecule has 0 saturated carbocycles. The lowest BCUT2D eigenvalue weighted by Gasteiger charge is -2.23. The third kappa shape index (κ3) is 7.78. The molecular weight excluding hydrogens is 183 g/mol. The van der Waals surface area contributed by atoms with Crippen LogP contribution in [0.25, 0.3) is 0 Å². The average molecular weight is 204 g/mol. The van der Waals surface area contributed by atoms with E-state index in [0.29, 0.717) is 0 Å². The zero-order valence-corrected chi connectivity index (χ0v) is 9.41. The molecule has 0 aromatic heterocycles. The van der Waals surface area contributed by atoms with E-state index in [1.165, 1.54) is 11.1 Å².